The van der Waals surface area contributed by atoms with Crippen molar-refractivity contribution in [3.8, 4) is 5.75 Å². The van der Waals surface area contributed by atoms with Gasteiger partial charge in [0.2, 0.25) is 5.82 Å². The predicted molar refractivity (Wildman–Crippen MR) is 64.6 cm³/mol. The molecule has 104 valence electrons. The average Bonchev–Trinajstić information content (AvgIpc) is 2.28. The lowest BCUT2D eigenvalue weighted by Crippen LogP contribution is -2.25. The van der Waals surface area contributed by atoms with Gasteiger partial charge in [-0.3, -0.25) is 14.9 Å². The number of rotatable bonds is 6. The van der Waals surface area contributed by atoms with Gasteiger partial charge in [-0.05, 0) is 26.3 Å². The van der Waals surface area contributed by atoms with Crippen molar-refractivity contribution < 1.29 is 24.0 Å². The minimum Gasteiger partial charge on any atom is -0.493 e. The van der Waals surface area contributed by atoms with Crippen molar-refractivity contribution in [2.24, 2.45) is 5.41 Å². The summed E-state index contributed by atoms with van der Waals surface area (Å²) < 4.78 is 18.5. The first kappa shape index (κ1) is 14.9. The van der Waals surface area contributed by atoms with Crippen LogP contribution in [0.3, 0.4) is 0 Å². The third-order valence-electron chi connectivity index (χ3n) is 2.69. The molecule has 0 radical (unpaired) electrons. The maximum atomic E-state index is 13.3. The summed E-state index contributed by atoms with van der Waals surface area (Å²) in [6.45, 7) is 3.18. The Morgan fingerprint density at radius 3 is 2.63 bits per heavy atom. The summed E-state index contributed by atoms with van der Waals surface area (Å²) >= 11 is 0. The van der Waals surface area contributed by atoms with E-state index < -0.39 is 27.8 Å². The Kier molecular flexibility index (Phi) is 4.42. The number of carboxylic acid groups (broad SMARTS) is 1. The average molecular weight is 271 g/mol. The zero-order valence-corrected chi connectivity index (χ0v) is 10.6. The number of aliphatic carboxylic acids is 1. The van der Waals surface area contributed by atoms with Gasteiger partial charge in [-0.1, -0.05) is 0 Å². The van der Waals surface area contributed by atoms with Crippen molar-refractivity contribution in [1.29, 1.82) is 0 Å². The van der Waals surface area contributed by atoms with E-state index in [-0.39, 0.29) is 18.8 Å². The normalized spacial score (nSPS) is 11.1. The zero-order chi connectivity index (χ0) is 14.6. The van der Waals surface area contributed by atoms with E-state index in [1.807, 2.05) is 0 Å². The quantitative estimate of drug-likeness (QED) is 0.634. The monoisotopic (exact) mass is 271 g/mol. The Hall–Kier alpha value is -2.18. The molecule has 0 aliphatic heterocycles. The molecule has 0 aliphatic rings. The minimum absolute atomic E-state index is 0.0799. The van der Waals surface area contributed by atoms with E-state index >= 15 is 0 Å². The van der Waals surface area contributed by atoms with Gasteiger partial charge in [-0.2, -0.15) is 4.39 Å². The number of nitro groups is 1. The molecule has 0 saturated carbocycles. The smallest absolute Gasteiger partial charge is 0.309 e. The summed E-state index contributed by atoms with van der Waals surface area (Å²) in [4.78, 5) is 20.4. The lowest BCUT2D eigenvalue weighted by Gasteiger charge is -2.18. The molecule has 0 heterocycles. The summed E-state index contributed by atoms with van der Waals surface area (Å²) in [6.07, 6.45) is 0.237. The van der Waals surface area contributed by atoms with Crippen molar-refractivity contribution in [2.45, 2.75) is 20.3 Å². The van der Waals surface area contributed by atoms with Gasteiger partial charge in [-0.25, -0.2) is 0 Å². The number of hydrogen-bond donors (Lipinski definition) is 1. The van der Waals surface area contributed by atoms with E-state index in [4.69, 9.17) is 9.84 Å². The zero-order valence-electron chi connectivity index (χ0n) is 10.6. The SMILES string of the molecule is CC(C)(CCOc1ccc([N+](=O)[O-])c(F)c1)C(=O)O. The molecule has 1 aromatic carbocycles. The second kappa shape index (κ2) is 5.64. The van der Waals surface area contributed by atoms with Crippen LogP contribution in [0.5, 0.6) is 5.75 Å². The van der Waals surface area contributed by atoms with Gasteiger partial charge >= 0.3 is 11.7 Å². The summed E-state index contributed by atoms with van der Waals surface area (Å²) in [5.41, 5.74) is -1.57. The molecular formula is C12H14FNO5. The fourth-order valence-corrected chi connectivity index (χ4v) is 1.26. The summed E-state index contributed by atoms with van der Waals surface area (Å²) in [5.74, 6) is -1.81. The van der Waals surface area contributed by atoms with Crippen molar-refractivity contribution >= 4 is 11.7 Å². The van der Waals surface area contributed by atoms with E-state index in [2.05, 4.69) is 0 Å². The van der Waals surface area contributed by atoms with Gasteiger partial charge in [0.25, 0.3) is 0 Å². The first-order valence-corrected chi connectivity index (χ1v) is 5.54. The Labute approximate surface area is 109 Å². The molecule has 1 aromatic rings. The first-order chi connectivity index (χ1) is 8.74. The number of nitro benzene ring substituents is 1. The van der Waals surface area contributed by atoms with Crippen LogP contribution in [0.4, 0.5) is 10.1 Å². The van der Waals surface area contributed by atoms with Crippen molar-refractivity contribution in [3.63, 3.8) is 0 Å². The molecule has 0 bridgehead atoms. The van der Waals surface area contributed by atoms with E-state index in [1.165, 1.54) is 6.07 Å². The van der Waals surface area contributed by atoms with Crippen LogP contribution in [0, 0.1) is 21.3 Å². The fourth-order valence-electron chi connectivity index (χ4n) is 1.26. The van der Waals surface area contributed by atoms with Crippen LogP contribution in [0.2, 0.25) is 0 Å². The van der Waals surface area contributed by atoms with E-state index in [9.17, 15) is 19.3 Å². The number of hydrogen-bond acceptors (Lipinski definition) is 4. The molecule has 1 rings (SSSR count). The number of carbonyl (C=O) groups is 1. The van der Waals surface area contributed by atoms with E-state index in [0.29, 0.717) is 0 Å². The van der Waals surface area contributed by atoms with Crippen LogP contribution >= 0.6 is 0 Å². The maximum Gasteiger partial charge on any atom is 0.309 e. The highest BCUT2D eigenvalue weighted by atomic mass is 19.1. The molecule has 0 spiro atoms. The molecule has 6 nitrogen and oxygen atoms in total. The molecule has 0 unspecified atom stereocenters. The molecule has 0 aliphatic carbocycles. The lowest BCUT2D eigenvalue weighted by atomic mass is 9.90. The van der Waals surface area contributed by atoms with Crippen LogP contribution in [-0.4, -0.2) is 22.6 Å². The van der Waals surface area contributed by atoms with E-state index in [0.717, 1.165) is 12.1 Å². The summed E-state index contributed by atoms with van der Waals surface area (Å²) in [6, 6.07) is 3.19. The van der Waals surface area contributed by atoms with Crippen LogP contribution in [0.1, 0.15) is 20.3 Å². The third-order valence-corrected chi connectivity index (χ3v) is 2.69. The van der Waals surface area contributed by atoms with Crippen LogP contribution in [0.25, 0.3) is 0 Å². The molecule has 0 atom stereocenters. The number of nitrogens with zero attached hydrogens (tertiary/aromatic N) is 1. The topological polar surface area (TPSA) is 89.7 Å². The fraction of sp³-hybridized carbons (Fsp3) is 0.417. The molecule has 0 fully saturated rings. The molecule has 0 aromatic heterocycles. The van der Waals surface area contributed by atoms with Crippen LogP contribution < -0.4 is 4.74 Å². The van der Waals surface area contributed by atoms with Crippen molar-refractivity contribution in [3.05, 3.63) is 34.1 Å². The molecule has 1 N–H and O–H groups in total. The highest BCUT2D eigenvalue weighted by molar-refractivity contribution is 5.73. The Morgan fingerprint density at radius 1 is 1.53 bits per heavy atom. The van der Waals surface area contributed by atoms with Crippen LogP contribution in [0.15, 0.2) is 18.2 Å². The molecule has 0 saturated heterocycles. The highest BCUT2D eigenvalue weighted by Crippen LogP contribution is 2.24. The first-order valence-electron chi connectivity index (χ1n) is 5.54. The Balaban J connectivity index is 2.63. The standard InChI is InChI=1S/C12H14FNO5/c1-12(2,11(15)16)5-6-19-8-3-4-10(14(17)18)9(13)7-8/h3-4,7H,5-6H2,1-2H3,(H,15,16). The van der Waals surface area contributed by atoms with Gasteiger partial charge in [0, 0.05) is 12.1 Å². The van der Waals surface area contributed by atoms with Gasteiger partial charge < -0.3 is 9.84 Å². The second-order valence-electron chi connectivity index (χ2n) is 4.66. The predicted octanol–water partition coefficient (Wildman–Crippen LogP) is 2.61. The second-order valence-corrected chi connectivity index (χ2v) is 4.66. The van der Waals surface area contributed by atoms with Gasteiger partial charge in [-0.15, -0.1) is 0 Å². The number of ether oxygens (including phenoxy) is 1. The van der Waals surface area contributed by atoms with Crippen LogP contribution in [-0.2, 0) is 4.79 Å². The Bertz CT molecular complexity index is 501. The molecule has 19 heavy (non-hydrogen) atoms. The number of halogens is 1. The largest absolute Gasteiger partial charge is 0.493 e. The molecule has 7 heteroatoms. The number of carboxylic acids is 1. The summed E-state index contributed by atoms with van der Waals surface area (Å²) in [5, 5.41) is 19.3. The van der Waals surface area contributed by atoms with Gasteiger partial charge in [0.05, 0.1) is 16.9 Å². The van der Waals surface area contributed by atoms with Crippen molar-refractivity contribution in [1.82, 2.24) is 0 Å². The maximum absolute atomic E-state index is 13.3. The van der Waals surface area contributed by atoms with Gasteiger partial charge in [0.15, 0.2) is 0 Å². The molecule has 0 amide bonds. The number of benzene rings is 1. The lowest BCUT2D eigenvalue weighted by molar-refractivity contribution is -0.387. The molecular weight excluding hydrogens is 257 g/mol. The van der Waals surface area contributed by atoms with E-state index in [1.54, 1.807) is 13.8 Å². The van der Waals surface area contributed by atoms with Crippen molar-refractivity contribution in [2.75, 3.05) is 6.61 Å². The van der Waals surface area contributed by atoms with Gasteiger partial charge in [0.1, 0.15) is 5.75 Å². The Morgan fingerprint density at radius 2 is 2.16 bits per heavy atom. The third kappa shape index (κ3) is 3.90. The highest BCUT2D eigenvalue weighted by Gasteiger charge is 2.26. The minimum atomic E-state index is -0.986. The summed E-state index contributed by atoms with van der Waals surface area (Å²) in [7, 11) is 0.